The van der Waals surface area contributed by atoms with E-state index in [4.69, 9.17) is 5.73 Å². The summed E-state index contributed by atoms with van der Waals surface area (Å²) >= 11 is 0. The molecule has 1 aromatic carbocycles. The van der Waals surface area contributed by atoms with Crippen LogP contribution in [-0.4, -0.2) is 15.7 Å². The number of benzene rings is 1. The fourth-order valence-electron chi connectivity index (χ4n) is 1.81. The molecule has 1 aromatic heterocycles. The molecule has 0 aliphatic heterocycles. The van der Waals surface area contributed by atoms with Gasteiger partial charge in [-0.25, -0.2) is 0 Å². The number of nitrogens with two attached hydrogens (primary N) is 1. The second-order valence-corrected chi connectivity index (χ2v) is 4.40. The first-order valence-corrected chi connectivity index (χ1v) is 6.06. The molecule has 2 aromatic rings. The highest BCUT2D eigenvalue weighted by atomic mass is 19.4. The van der Waals surface area contributed by atoms with Gasteiger partial charge in [-0.05, 0) is 11.6 Å². The van der Waals surface area contributed by atoms with Crippen LogP contribution in [0.5, 0.6) is 0 Å². The quantitative estimate of drug-likeness (QED) is 0.904. The molecule has 21 heavy (non-hydrogen) atoms. The molecule has 0 fully saturated rings. The van der Waals surface area contributed by atoms with Crippen molar-refractivity contribution in [3.05, 3.63) is 47.8 Å². The number of nitrogens with one attached hydrogen (secondary N) is 1. The van der Waals surface area contributed by atoms with Crippen LogP contribution in [-0.2, 0) is 24.1 Å². The van der Waals surface area contributed by atoms with Crippen molar-refractivity contribution in [2.45, 2.75) is 19.3 Å². The zero-order valence-corrected chi connectivity index (χ0v) is 10.9. The van der Waals surface area contributed by atoms with E-state index >= 15 is 0 Å². The number of carbonyl (C=O) groups excluding carboxylic acids is 1. The summed E-state index contributed by atoms with van der Waals surface area (Å²) in [4.78, 5) is 11.7. The van der Waals surface area contributed by atoms with Gasteiger partial charge in [0.25, 0.3) is 0 Å². The molecule has 0 saturated carbocycles. The molecule has 1 heterocycles. The molecule has 5 nitrogen and oxygen atoms in total. The van der Waals surface area contributed by atoms with Gasteiger partial charge in [-0.15, -0.1) is 0 Å². The number of anilines is 1. The summed E-state index contributed by atoms with van der Waals surface area (Å²) in [5.74, 6) is -0.449. The third-order valence-corrected chi connectivity index (χ3v) is 2.76. The van der Waals surface area contributed by atoms with Crippen LogP contribution in [0.1, 0.15) is 11.1 Å². The number of hydrogen-bond acceptors (Lipinski definition) is 3. The summed E-state index contributed by atoms with van der Waals surface area (Å²) in [6.07, 6.45) is -1.60. The van der Waals surface area contributed by atoms with Crippen LogP contribution >= 0.6 is 0 Å². The van der Waals surface area contributed by atoms with Crippen molar-refractivity contribution < 1.29 is 18.0 Å². The van der Waals surface area contributed by atoms with Crippen molar-refractivity contribution in [3.8, 4) is 0 Å². The van der Waals surface area contributed by atoms with Crippen molar-refractivity contribution in [1.29, 1.82) is 0 Å². The maximum absolute atomic E-state index is 12.8. The minimum atomic E-state index is -4.45. The van der Waals surface area contributed by atoms with Gasteiger partial charge in [-0.2, -0.15) is 18.3 Å². The minimum absolute atomic E-state index is 0.0123. The lowest BCUT2D eigenvalue weighted by molar-refractivity contribution is -0.138. The van der Waals surface area contributed by atoms with E-state index in [-0.39, 0.29) is 18.7 Å². The molecule has 0 radical (unpaired) electrons. The van der Waals surface area contributed by atoms with Crippen molar-refractivity contribution in [2.75, 3.05) is 5.73 Å². The summed E-state index contributed by atoms with van der Waals surface area (Å²) in [6.45, 7) is -0.309. The normalized spacial score (nSPS) is 11.4. The molecule has 112 valence electrons. The minimum Gasteiger partial charge on any atom is -0.396 e. The number of halogens is 3. The lowest BCUT2D eigenvalue weighted by atomic mass is 10.1. The highest BCUT2D eigenvalue weighted by Crippen LogP contribution is 2.31. The fraction of sp³-hybridized carbons (Fsp3) is 0.231. The Morgan fingerprint density at radius 1 is 1.33 bits per heavy atom. The second kappa shape index (κ2) is 5.86. The average Bonchev–Trinajstić information content (AvgIpc) is 2.81. The van der Waals surface area contributed by atoms with E-state index in [1.165, 1.54) is 35.3 Å². The highest BCUT2D eigenvalue weighted by Gasteiger charge is 2.32. The first-order chi connectivity index (χ1) is 9.86. The Kier molecular flexibility index (Phi) is 4.15. The number of alkyl halides is 3. The van der Waals surface area contributed by atoms with Gasteiger partial charge in [-0.3, -0.25) is 9.48 Å². The number of amides is 1. The van der Waals surface area contributed by atoms with Crippen LogP contribution in [0.4, 0.5) is 18.9 Å². The SMILES string of the molecule is Nc1cnn(CC(=O)NCc2ccccc2C(F)(F)F)c1. The van der Waals surface area contributed by atoms with Crippen LogP contribution in [0.3, 0.4) is 0 Å². The van der Waals surface area contributed by atoms with Crippen LogP contribution in [0, 0.1) is 0 Å². The largest absolute Gasteiger partial charge is 0.416 e. The Bertz CT molecular complexity index is 636. The van der Waals surface area contributed by atoms with Gasteiger partial charge in [0, 0.05) is 12.7 Å². The number of rotatable bonds is 4. The smallest absolute Gasteiger partial charge is 0.396 e. The average molecular weight is 298 g/mol. The Labute approximate surface area is 118 Å². The van der Waals surface area contributed by atoms with Crippen molar-refractivity contribution >= 4 is 11.6 Å². The molecule has 0 aliphatic rings. The van der Waals surface area contributed by atoms with E-state index in [1.807, 2.05) is 0 Å². The number of aromatic nitrogens is 2. The topological polar surface area (TPSA) is 72.9 Å². The van der Waals surface area contributed by atoms with E-state index in [2.05, 4.69) is 10.4 Å². The van der Waals surface area contributed by atoms with Gasteiger partial charge in [0.15, 0.2) is 0 Å². The van der Waals surface area contributed by atoms with E-state index < -0.39 is 17.6 Å². The Hall–Kier alpha value is -2.51. The highest BCUT2D eigenvalue weighted by molar-refractivity contribution is 5.75. The van der Waals surface area contributed by atoms with Gasteiger partial charge in [-0.1, -0.05) is 18.2 Å². The van der Waals surface area contributed by atoms with Crippen molar-refractivity contribution in [2.24, 2.45) is 0 Å². The van der Waals surface area contributed by atoms with Crippen LogP contribution in [0.15, 0.2) is 36.7 Å². The monoisotopic (exact) mass is 298 g/mol. The summed E-state index contributed by atoms with van der Waals surface area (Å²) in [5, 5.41) is 6.25. The lowest BCUT2D eigenvalue weighted by Crippen LogP contribution is -2.28. The van der Waals surface area contributed by atoms with E-state index in [0.717, 1.165) is 6.07 Å². The molecule has 3 N–H and O–H groups in total. The molecule has 0 bridgehead atoms. The zero-order chi connectivity index (χ0) is 15.5. The third-order valence-electron chi connectivity index (χ3n) is 2.76. The Morgan fingerprint density at radius 3 is 2.67 bits per heavy atom. The summed E-state index contributed by atoms with van der Waals surface area (Å²) < 4.78 is 39.7. The molecule has 8 heteroatoms. The van der Waals surface area contributed by atoms with Crippen LogP contribution in [0.25, 0.3) is 0 Å². The van der Waals surface area contributed by atoms with Gasteiger partial charge < -0.3 is 11.1 Å². The molecule has 1 amide bonds. The number of carbonyl (C=O) groups is 1. The first kappa shape index (κ1) is 14.9. The third kappa shape index (κ3) is 3.98. The summed E-state index contributed by atoms with van der Waals surface area (Å²) in [6, 6.07) is 5.11. The maximum Gasteiger partial charge on any atom is 0.416 e. The molecule has 0 atom stereocenters. The molecule has 0 saturated heterocycles. The number of nitrogens with zero attached hydrogens (tertiary/aromatic N) is 2. The van der Waals surface area contributed by atoms with E-state index in [1.54, 1.807) is 0 Å². The van der Waals surface area contributed by atoms with Gasteiger partial charge in [0.05, 0.1) is 17.4 Å². The molecule has 2 rings (SSSR count). The Morgan fingerprint density at radius 2 is 2.05 bits per heavy atom. The van der Waals surface area contributed by atoms with Crippen molar-refractivity contribution in [3.63, 3.8) is 0 Å². The fourth-order valence-corrected chi connectivity index (χ4v) is 1.81. The first-order valence-electron chi connectivity index (χ1n) is 6.06. The van der Waals surface area contributed by atoms with Gasteiger partial charge in [0.1, 0.15) is 6.54 Å². The predicted molar refractivity (Wildman–Crippen MR) is 69.9 cm³/mol. The van der Waals surface area contributed by atoms with E-state index in [0.29, 0.717) is 5.69 Å². The summed E-state index contributed by atoms with van der Waals surface area (Å²) in [5.41, 5.74) is 5.11. The molecule has 0 spiro atoms. The summed E-state index contributed by atoms with van der Waals surface area (Å²) in [7, 11) is 0. The predicted octanol–water partition coefficient (Wildman–Crippen LogP) is 1.80. The van der Waals surface area contributed by atoms with Crippen LogP contribution in [0.2, 0.25) is 0 Å². The molecular weight excluding hydrogens is 285 g/mol. The molecule has 0 aliphatic carbocycles. The number of nitrogen functional groups attached to an aromatic ring is 1. The number of hydrogen-bond donors (Lipinski definition) is 2. The molecular formula is C13H13F3N4O. The van der Waals surface area contributed by atoms with E-state index in [9.17, 15) is 18.0 Å². The standard InChI is InChI=1S/C13H13F3N4O/c14-13(15,16)11-4-2-1-3-9(11)5-18-12(21)8-20-7-10(17)6-19-20/h1-4,6-7H,5,8,17H2,(H,18,21). The second-order valence-electron chi connectivity index (χ2n) is 4.40. The maximum atomic E-state index is 12.8. The van der Waals surface area contributed by atoms with Crippen molar-refractivity contribution in [1.82, 2.24) is 15.1 Å². The van der Waals surface area contributed by atoms with Crippen LogP contribution < -0.4 is 11.1 Å². The zero-order valence-electron chi connectivity index (χ0n) is 10.9. The Balaban J connectivity index is 1.98. The lowest BCUT2D eigenvalue weighted by Gasteiger charge is -2.13. The molecule has 0 unspecified atom stereocenters. The van der Waals surface area contributed by atoms with Gasteiger partial charge in [0.2, 0.25) is 5.91 Å². The van der Waals surface area contributed by atoms with Gasteiger partial charge >= 0.3 is 6.18 Å².